The van der Waals surface area contributed by atoms with E-state index in [-0.39, 0.29) is 18.3 Å². The fourth-order valence-electron chi connectivity index (χ4n) is 2.82. The Bertz CT molecular complexity index is 256. The number of amides is 1. The first-order chi connectivity index (χ1) is 7.95. The van der Waals surface area contributed by atoms with E-state index in [0.717, 1.165) is 25.3 Å². The van der Waals surface area contributed by atoms with Gasteiger partial charge in [-0.05, 0) is 38.0 Å². The van der Waals surface area contributed by atoms with Crippen molar-refractivity contribution in [1.29, 1.82) is 0 Å². The van der Waals surface area contributed by atoms with Crippen LogP contribution >= 0.6 is 12.4 Å². The minimum Gasteiger partial charge on any atom is -0.354 e. The van der Waals surface area contributed by atoms with Crippen molar-refractivity contribution < 1.29 is 4.79 Å². The van der Waals surface area contributed by atoms with Crippen LogP contribution in [0.2, 0.25) is 0 Å². The van der Waals surface area contributed by atoms with Crippen molar-refractivity contribution in [1.82, 2.24) is 5.32 Å². The van der Waals surface area contributed by atoms with Gasteiger partial charge in [-0.25, -0.2) is 0 Å². The van der Waals surface area contributed by atoms with Gasteiger partial charge in [0, 0.05) is 6.54 Å². The average Bonchev–Trinajstić information content (AvgIpc) is 2.26. The van der Waals surface area contributed by atoms with Crippen molar-refractivity contribution in [3.63, 3.8) is 0 Å². The lowest BCUT2D eigenvalue weighted by molar-refractivity contribution is -0.126. The molecule has 0 aromatic carbocycles. The lowest BCUT2D eigenvalue weighted by Gasteiger charge is -2.29. The molecule has 108 valence electrons. The molecule has 0 bridgehead atoms. The molecule has 4 heteroatoms. The average molecular weight is 277 g/mol. The number of nitrogens with two attached hydrogens (primary N) is 1. The van der Waals surface area contributed by atoms with E-state index in [1.54, 1.807) is 0 Å². The maximum Gasteiger partial charge on any atom is 0.239 e. The molecule has 0 heterocycles. The fraction of sp³-hybridized carbons (Fsp3) is 0.929. The van der Waals surface area contributed by atoms with Gasteiger partial charge in [0.25, 0.3) is 0 Å². The Morgan fingerprint density at radius 3 is 2.67 bits per heavy atom. The number of carbonyl (C=O) groups is 1. The topological polar surface area (TPSA) is 55.1 Å². The Kier molecular flexibility index (Phi) is 7.88. The zero-order chi connectivity index (χ0) is 12.9. The van der Waals surface area contributed by atoms with Crippen molar-refractivity contribution in [3.8, 4) is 0 Å². The molecule has 1 aliphatic carbocycles. The van der Waals surface area contributed by atoms with Gasteiger partial charge in [-0.2, -0.15) is 0 Å². The van der Waals surface area contributed by atoms with Gasteiger partial charge in [0.1, 0.15) is 0 Å². The minimum atomic E-state index is -0.699. The smallest absolute Gasteiger partial charge is 0.239 e. The summed E-state index contributed by atoms with van der Waals surface area (Å²) in [7, 11) is 0. The molecule has 1 aliphatic rings. The van der Waals surface area contributed by atoms with Crippen LogP contribution in [-0.4, -0.2) is 18.0 Å². The molecule has 1 saturated carbocycles. The first-order valence-corrected chi connectivity index (χ1v) is 7.03. The molecular weight excluding hydrogens is 248 g/mol. The van der Waals surface area contributed by atoms with E-state index in [2.05, 4.69) is 19.2 Å². The molecule has 0 saturated heterocycles. The van der Waals surface area contributed by atoms with Crippen molar-refractivity contribution in [2.24, 2.45) is 17.6 Å². The second-order valence-corrected chi connectivity index (χ2v) is 6.02. The Morgan fingerprint density at radius 1 is 1.44 bits per heavy atom. The zero-order valence-electron chi connectivity index (χ0n) is 12.0. The van der Waals surface area contributed by atoms with Crippen LogP contribution in [0.3, 0.4) is 0 Å². The van der Waals surface area contributed by atoms with E-state index >= 15 is 0 Å². The third-order valence-electron chi connectivity index (χ3n) is 3.88. The van der Waals surface area contributed by atoms with Crippen LogP contribution in [0.5, 0.6) is 0 Å². The quantitative estimate of drug-likeness (QED) is 0.811. The number of rotatable bonds is 5. The lowest BCUT2D eigenvalue weighted by Crippen LogP contribution is -2.52. The van der Waals surface area contributed by atoms with Crippen LogP contribution in [0.4, 0.5) is 0 Å². The normalized spacial score (nSPS) is 26.9. The Morgan fingerprint density at radius 2 is 2.11 bits per heavy atom. The van der Waals surface area contributed by atoms with Crippen LogP contribution < -0.4 is 11.1 Å². The van der Waals surface area contributed by atoms with Gasteiger partial charge in [-0.3, -0.25) is 4.79 Å². The van der Waals surface area contributed by atoms with Gasteiger partial charge >= 0.3 is 0 Å². The van der Waals surface area contributed by atoms with E-state index in [4.69, 9.17) is 5.73 Å². The summed E-state index contributed by atoms with van der Waals surface area (Å²) in [5.41, 5.74) is 5.30. The molecule has 3 N–H and O–H groups in total. The molecule has 18 heavy (non-hydrogen) atoms. The van der Waals surface area contributed by atoms with Gasteiger partial charge in [-0.15, -0.1) is 12.4 Å². The number of hydrogen-bond donors (Lipinski definition) is 2. The molecule has 0 aromatic heterocycles. The maximum atomic E-state index is 11.9. The fourth-order valence-corrected chi connectivity index (χ4v) is 2.82. The predicted octanol–water partition coefficient (Wildman–Crippen LogP) is 2.87. The first kappa shape index (κ1) is 17.7. The summed E-state index contributed by atoms with van der Waals surface area (Å²) >= 11 is 0. The first-order valence-electron chi connectivity index (χ1n) is 7.03. The van der Waals surface area contributed by atoms with E-state index < -0.39 is 5.54 Å². The summed E-state index contributed by atoms with van der Waals surface area (Å²) in [6, 6.07) is 0. The standard InChI is InChI=1S/C14H28N2O.ClH/c1-4-8-14(3,15)13(17)16-10-12-7-5-6-11(2)9-12;/h11-12H,4-10,15H2,1-3H3,(H,16,17);1H. The Labute approximate surface area is 118 Å². The largest absolute Gasteiger partial charge is 0.354 e. The summed E-state index contributed by atoms with van der Waals surface area (Å²) in [5, 5.41) is 3.03. The van der Waals surface area contributed by atoms with E-state index in [9.17, 15) is 4.79 Å². The number of hydrogen-bond acceptors (Lipinski definition) is 2. The van der Waals surface area contributed by atoms with E-state index in [1.807, 2.05) is 6.92 Å². The highest BCUT2D eigenvalue weighted by Gasteiger charge is 2.28. The second-order valence-electron chi connectivity index (χ2n) is 6.02. The maximum absolute atomic E-state index is 11.9. The molecule has 0 aliphatic heterocycles. The highest BCUT2D eigenvalue weighted by Crippen LogP contribution is 2.28. The molecular formula is C14H29ClN2O. The summed E-state index contributed by atoms with van der Waals surface area (Å²) in [6.07, 6.45) is 6.83. The predicted molar refractivity (Wildman–Crippen MR) is 78.9 cm³/mol. The number of carbonyl (C=O) groups excluding carboxylic acids is 1. The highest BCUT2D eigenvalue weighted by molar-refractivity contribution is 5.85. The van der Waals surface area contributed by atoms with E-state index in [0.29, 0.717) is 5.92 Å². The minimum absolute atomic E-state index is 0. The highest BCUT2D eigenvalue weighted by atomic mass is 35.5. The van der Waals surface area contributed by atoms with Gasteiger partial charge in [0.15, 0.2) is 0 Å². The van der Waals surface area contributed by atoms with Crippen LogP contribution in [0, 0.1) is 11.8 Å². The third-order valence-corrected chi connectivity index (χ3v) is 3.88. The SMILES string of the molecule is CCCC(C)(N)C(=O)NCC1CCCC(C)C1.Cl. The summed E-state index contributed by atoms with van der Waals surface area (Å²) < 4.78 is 0. The zero-order valence-corrected chi connectivity index (χ0v) is 12.8. The van der Waals surface area contributed by atoms with E-state index in [1.165, 1.54) is 25.7 Å². The number of nitrogens with one attached hydrogen (secondary N) is 1. The van der Waals surface area contributed by atoms with Crippen LogP contribution in [0.15, 0.2) is 0 Å². The van der Waals surface area contributed by atoms with Crippen molar-refractivity contribution in [2.45, 2.75) is 64.8 Å². The summed E-state index contributed by atoms with van der Waals surface area (Å²) in [5.74, 6) is 1.48. The van der Waals surface area contributed by atoms with Crippen molar-refractivity contribution in [3.05, 3.63) is 0 Å². The van der Waals surface area contributed by atoms with Crippen molar-refractivity contribution in [2.75, 3.05) is 6.54 Å². The van der Waals surface area contributed by atoms with Crippen LogP contribution in [0.25, 0.3) is 0 Å². The van der Waals surface area contributed by atoms with Gasteiger partial charge in [-0.1, -0.05) is 33.1 Å². The van der Waals surface area contributed by atoms with Crippen molar-refractivity contribution >= 4 is 18.3 Å². The molecule has 1 amide bonds. The molecule has 0 aromatic rings. The molecule has 3 atom stereocenters. The summed E-state index contributed by atoms with van der Waals surface area (Å²) in [6.45, 7) is 6.99. The van der Waals surface area contributed by atoms with Gasteiger partial charge < -0.3 is 11.1 Å². The Balaban J connectivity index is 0.00000289. The van der Waals surface area contributed by atoms with Gasteiger partial charge in [0.05, 0.1) is 5.54 Å². The Hall–Kier alpha value is -0.280. The third kappa shape index (κ3) is 5.57. The molecule has 1 rings (SSSR count). The number of halogens is 1. The monoisotopic (exact) mass is 276 g/mol. The molecule has 0 spiro atoms. The molecule has 0 radical (unpaired) electrons. The molecule has 3 unspecified atom stereocenters. The molecule has 3 nitrogen and oxygen atoms in total. The molecule has 1 fully saturated rings. The van der Waals surface area contributed by atoms with Crippen LogP contribution in [-0.2, 0) is 4.79 Å². The second kappa shape index (κ2) is 8.00. The van der Waals surface area contributed by atoms with Gasteiger partial charge in [0.2, 0.25) is 5.91 Å². The lowest BCUT2D eigenvalue weighted by atomic mass is 9.82. The van der Waals surface area contributed by atoms with Crippen LogP contribution in [0.1, 0.15) is 59.3 Å². The summed E-state index contributed by atoms with van der Waals surface area (Å²) in [4.78, 5) is 11.9.